The van der Waals surface area contributed by atoms with Gasteiger partial charge in [0.1, 0.15) is 17.8 Å². The van der Waals surface area contributed by atoms with Gasteiger partial charge in [-0.25, -0.2) is 9.97 Å². The Morgan fingerprint density at radius 2 is 1.88 bits per heavy atom. The molecule has 0 spiro atoms. The van der Waals surface area contributed by atoms with Gasteiger partial charge in [0.2, 0.25) is 0 Å². The molecule has 0 saturated heterocycles. The normalized spacial score (nSPS) is 11.7. The lowest BCUT2D eigenvalue weighted by molar-refractivity contribution is 0.400. The minimum Gasteiger partial charge on any atom is -0.364 e. The Balaban J connectivity index is 2.17. The second-order valence-electron chi connectivity index (χ2n) is 5.01. The highest BCUT2D eigenvalue weighted by molar-refractivity contribution is 5.55. The van der Waals surface area contributed by atoms with Crippen LogP contribution in [0.1, 0.15) is 26.6 Å². The molecule has 0 bridgehead atoms. The molecule has 2 aromatic rings. The molecule has 2 rings (SSSR count). The van der Waals surface area contributed by atoms with Crippen LogP contribution in [0.2, 0.25) is 0 Å². The zero-order chi connectivity index (χ0) is 11.6. The largest absolute Gasteiger partial charge is 0.364 e. The zero-order valence-corrected chi connectivity index (χ0v) is 9.77. The van der Waals surface area contributed by atoms with Gasteiger partial charge in [0.25, 0.3) is 0 Å². The van der Waals surface area contributed by atoms with Gasteiger partial charge in [-0.3, -0.25) is 0 Å². The standard InChI is InChI=1S/C12H15N3O/c1-12(2,3)6-11-13-7-9(8-14-11)10-4-5-16-15-10/h4-5,7-8H,6H2,1-3H3. The van der Waals surface area contributed by atoms with Crippen LogP contribution in [0.4, 0.5) is 0 Å². The quantitative estimate of drug-likeness (QED) is 0.776. The van der Waals surface area contributed by atoms with Crippen LogP contribution in [0.3, 0.4) is 0 Å². The Bertz CT molecular complexity index is 440. The van der Waals surface area contributed by atoms with E-state index in [9.17, 15) is 0 Å². The van der Waals surface area contributed by atoms with Crippen LogP contribution < -0.4 is 0 Å². The number of hydrogen-bond donors (Lipinski definition) is 0. The second kappa shape index (κ2) is 4.04. The Morgan fingerprint density at radius 3 is 2.38 bits per heavy atom. The number of aromatic nitrogens is 3. The first-order chi connectivity index (χ1) is 7.54. The van der Waals surface area contributed by atoms with E-state index < -0.39 is 0 Å². The predicted octanol–water partition coefficient (Wildman–Crippen LogP) is 2.72. The van der Waals surface area contributed by atoms with E-state index in [1.807, 2.05) is 0 Å². The molecule has 0 N–H and O–H groups in total. The van der Waals surface area contributed by atoms with E-state index in [1.54, 1.807) is 24.7 Å². The average Bonchev–Trinajstić information content (AvgIpc) is 2.69. The summed E-state index contributed by atoms with van der Waals surface area (Å²) < 4.78 is 4.77. The minimum absolute atomic E-state index is 0.204. The highest BCUT2D eigenvalue weighted by Crippen LogP contribution is 2.19. The molecule has 0 fully saturated rings. The number of nitrogens with zero attached hydrogens (tertiary/aromatic N) is 3. The Labute approximate surface area is 94.7 Å². The molecule has 0 aromatic carbocycles. The van der Waals surface area contributed by atoms with E-state index in [0.29, 0.717) is 0 Å². The smallest absolute Gasteiger partial charge is 0.128 e. The van der Waals surface area contributed by atoms with Crippen molar-refractivity contribution in [3.8, 4) is 11.3 Å². The van der Waals surface area contributed by atoms with E-state index in [1.165, 1.54) is 0 Å². The van der Waals surface area contributed by atoms with Crippen LogP contribution in [0.5, 0.6) is 0 Å². The van der Waals surface area contributed by atoms with Gasteiger partial charge < -0.3 is 4.52 Å². The van der Waals surface area contributed by atoms with Crippen LogP contribution in [0.25, 0.3) is 11.3 Å². The highest BCUT2D eigenvalue weighted by atomic mass is 16.5. The van der Waals surface area contributed by atoms with Crippen LogP contribution >= 0.6 is 0 Å². The second-order valence-corrected chi connectivity index (χ2v) is 5.01. The Morgan fingerprint density at radius 1 is 1.19 bits per heavy atom. The summed E-state index contributed by atoms with van der Waals surface area (Å²) in [6, 6.07) is 1.79. The van der Waals surface area contributed by atoms with E-state index in [4.69, 9.17) is 4.52 Å². The molecule has 0 saturated carbocycles. The van der Waals surface area contributed by atoms with Gasteiger partial charge in [-0.05, 0) is 5.41 Å². The summed E-state index contributed by atoms with van der Waals surface area (Å²) in [5, 5.41) is 3.84. The predicted molar refractivity (Wildman–Crippen MR) is 60.7 cm³/mol. The zero-order valence-electron chi connectivity index (χ0n) is 9.77. The van der Waals surface area contributed by atoms with Crippen LogP contribution in [0, 0.1) is 5.41 Å². The average molecular weight is 217 g/mol. The first-order valence-corrected chi connectivity index (χ1v) is 5.26. The molecule has 2 heterocycles. The topological polar surface area (TPSA) is 51.8 Å². The van der Waals surface area contributed by atoms with Gasteiger partial charge in [-0.2, -0.15) is 0 Å². The Kier molecular flexibility index (Phi) is 2.73. The lowest BCUT2D eigenvalue weighted by Crippen LogP contribution is -2.11. The molecule has 0 amide bonds. The van der Waals surface area contributed by atoms with Crippen molar-refractivity contribution in [2.45, 2.75) is 27.2 Å². The Hall–Kier alpha value is -1.71. The summed E-state index contributed by atoms with van der Waals surface area (Å²) in [5.41, 5.74) is 1.85. The number of rotatable bonds is 2. The molecule has 0 aliphatic heterocycles. The van der Waals surface area contributed by atoms with Crippen LogP contribution in [-0.2, 0) is 6.42 Å². The summed E-state index contributed by atoms with van der Waals surface area (Å²) in [6.45, 7) is 6.51. The molecule has 0 aliphatic rings. The van der Waals surface area contributed by atoms with Gasteiger partial charge in [0, 0.05) is 30.4 Å². The minimum atomic E-state index is 0.204. The van der Waals surface area contributed by atoms with E-state index >= 15 is 0 Å². The van der Waals surface area contributed by atoms with Crippen molar-refractivity contribution < 1.29 is 4.52 Å². The molecule has 0 atom stereocenters. The van der Waals surface area contributed by atoms with Gasteiger partial charge >= 0.3 is 0 Å². The van der Waals surface area contributed by atoms with Crippen molar-refractivity contribution in [3.63, 3.8) is 0 Å². The summed E-state index contributed by atoms with van der Waals surface area (Å²) in [7, 11) is 0. The van der Waals surface area contributed by atoms with Crippen molar-refractivity contribution in [2.24, 2.45) is 5.41 Å². The molecule has 4 heteroatoms. The molecule has 0 aliphatic carbocycles. The fourth-order valence-corrected chi connectivity index (χ4v) is 1.41. The SMILES string of the molecule is CC(C)(C)Cc1ncc(-c2ccon2)cn1. The van der Waals surface area contributed by atoms with Crippen molar-refractivity contribution in [1.29, 1.82) is 0 Å². The maximum atomic E-state index is 4.77. The fourth-order valence-electron chi connectivity index (χ4n) is 1.41. The van der Waals surface area contributed by atoms with E-state index in [-0.39, 0.29) is 5.41 Å². The van der Waals surface area contributed by atoms with E-state index in [0.717, 1.165) is 23.5 Å². The van der Waals surface area contributed by atoms with Gasteiger partial charge in [-0.15, -0.1) is 0 Å². The fraction of sp³-hybridized carbons (Fsp3) is 0.417. The molecule has 2 aromatic heterocycles. The third-order valence-corrected chi connectivity index (χ3v) is 2.13. The van der Waals surface area contributed by atoms with E-state index in [2.05, 4.69) is 35.9 Å². The molecule has 4 nitrogen and oxygen atoms in total. The van der Waals surface area contributed by atoms with Gasteiger partial charge in [-0.1, -0.05) is 25.9 Å². The molecular formula is C12H15N3O. The highest BCUT2D eigenvalue weighted by Gasteiger charge is 2.13. The summed E-state index contributed by atoms with van der Waals surface area (Å²) in [6.07, 6.45) is 5.97. The molecule has 16 heavy (non-hydrogen) atoms. The summed E-state index contributed by atoms with van der Waals surface area (Å²) in [4.78, 5) is 8.65. The molecule has 84 valence electrons. The monoisotopic (exact) mass is 217 g/mol. The number of hydrogen-bond acceptors (Lipinski definition) is 4. The van der Waals surface area contributed by atoms with Crippen LogP contribution in [0.15, 0.2) is 29.2 Å². The van der Waals surface area contributed by atoms with Gasteiger partial charge in [0.05, 0.1) is 0 Å². The third-order valence-electron chi connectivity index (χ3n) is 2.13. The lowest BCUT2D eigenvalue weighted by Gasteiger charge is -2.16. The molecular weight excluding hydrogens is 202 g/mol. The maximum Gasteiger partial charge on any atom is 0.128 e. The van der Waals surface area contributed by atoms with Crippen molar-refractivity contribution >= 4 is 0 Å². The first-order valence-electron chi connectivity index (χ1n) is 5.26. The summed E-state index contributed by atoms with van der Waals surface area (Å²) >= 11 is 0. The lowest BCUT2D eigenvalue weighted by atomic mass is 9.92. The first kappa shape index (κ1) is 10.8. The van der Waals surface area contributed by atoms with Crippen molar-refractivity contribution in [1.82, 2.24) is 15.1 Å². The maximum absolute atomic E-state index is 4.77. The third kappa shape index (κ3) is 2.66. The van der Waals surface area contributed by atoms with Gasteiger partial charge in [0.15, 0.2) is 0 Å². The van der Waals surface area contributed by atoms with Crippen molar-refractivity contribution in [2.75, 3.05) is 0 Å². The molecule has 0 radical (unpaired) electrons. The van der Waals surface area contributed by atoms with Crippen molar-refractivity contribution in [3.05, 3.63) is 30.5 Å². The van der Waals surface area contributed by atoms with Crippen LogP contribution in [-0.4, -0.2) is 15.1 Å². The summed E-state index contributed by atoms with van der Waals surface area (Å²) in [5.74, 6) is 0.861. The molecule has 0 unspecified atom stereocenters.